The summed E-state index contributed by atoms with van der Waals surface area (Å²) < 4.78 is 12.3. The lowest BCUT2D eigenvalue weighted by Crippen LogP contribution is -2.60. The van der Waals surface area contributed by atoms with Crippen LogP contribution in [-0.4, -0.2) is 131 Å². The van der Waals surface area contributed by atoms with E-state index in [0.29, 0.717) is 45.9 Å². The van der Waals surface area contributed by atoms with Crippen LogP contribution in [0.1, 0.15) is 34.1 Å². The second-order valence-corrected chi connectivity index (χ2v) is 12.1. The average Bonchev–Trinajstić information content (AvgIpc) is 3.18. The second-order valence-electron chi connectivity index (χ2n) is 12.1. The van der Waals surface area contributed by atoms with Crippen LogP contribution < -0.4 is 0 Å². The van der Waals surface area contributed by atoms with Crippen LogP contribution in [0.5, 0.6) is 0 Å². The molecule has 0 aromatic rings. The monoisotopic (exact) mass is 544 g/mol. The summed E-state index contributed by atoms with van der Waals surface area (Å²) in [7, 11) is 0. The Morgan fingerprint density at radius 2 is 1.62 bits per heavy atom. The first-order chi connectivity index (χ1) is 18.7. The van der Waals surface area contributed by atoms with Crippen molar-refractivity contribution in [2.75, 3.05) is 65.6 Å². The molecule has 5 aliphatic heterocycles. The number of fused-ring (bicyclic) bond motifs is 2. The van der Waals surface area contributed by atoms with E-state index in [1.165, 1.54) is 0 Å². The van der Waals surface area contributed by atoms with Crippen LogP contribution in [0.2, 0.25) is 0 Å². The molecule has 0 aliphatic carbocycles. The van der Waals surface area contributed by atoms with Crippen molar-refractivity contribution >= 4 is 17.7 Å². The first-order valence-corrected chi connectivity index (χ1v) is 14.5. The van der Waals surface area contributed by atoms with Crippen LogP contribution in [0.15, 0.2) is 24.3 Å². The quantitative estimate of drug-likeness (QED) is 0.445. The predicted molar refractivity (Wildman–Crippen MR) is 145 cm³/mol. The van der Waals surface area contributed by atoms with Crippen molar-refractivity contribution in [2.45, 2.75) is 57.4 Å². The highest BCUT2D eigenvalue weighted by Crippen LogP contribution is 2.58. The number of likely N-dealkylation sites (tertiary alicyclic amines) is 1. The van der Waals surface area contributed by atoms with E-state index in [-0.39, 0.29) is 30.2 Å². The van der Waals surface area contributed by atoms with Gasteiger partial charge in [0.2, 0.25) is 17.7 Å². The molecular formula is C29H44N4O6. The number of ether oxygens (including phenoxy) is 2. The number of hydrogen-bond acceptors (Lipinski definition) is 7. The summed E-state index contributed by atoms with van der Waals surface area (Å²) in [6.45, 7) is 13.2. The molecule has 5 aliphatic rings. The number of aliphatic hydroxyl groups is 1. The molecular weight excluding hydrogens is 500 g/mol. The van der Waals surface area contributed by atoms with Crippen molar-refractivity contribution in [3.05, 3.63) is 24.3 Å². The number of hydrogen-bond donors (Lipinski definition) is 1. The number of carbonyl (C=O) groups is 3. The largest absolute Gasteiger partial charge is 0.394 e. The van der Waals surface area contributed by atoms with Crippen LogP contribution in [0, 0.1) is 17.8 Å². The first kappa shape index (κ1) is 28.3. The molecule has 3 amide bonds. The van der Waals surface area contributed by atoms with Crippen LogP contribution >= 0.6 is 0 Å². The molecule has 39 heavy (non-hydrogen) atoms. The highest BCUT2D eigenvalue weighted by molar-refractivity contribution is 6.00. The Morgan fingerprint density at radius 1 is 0.949 bits per heavy atom. The minimum Gasteiger partial charge on any atom is -0.394 e. The van der Waals surface area contributed by atoms with Crippen LogP contribution in [0.3, 0.4) is 0 Å². The Hall–Kier alpha value is -2.27. The smallest absolute Gasteiger partial charge is 0.249 e. The van der Waals surface area contributed by atoms with E-state index in [4.69, 9.17) is 9.47 Å². The third kappa shape index (κ3) is 4.63. The van der Waals surface area contributed by atoms with Gasteiger partial charge in [-0.25, -0.2) is 0 Å². The summed E-state index contributed by atoms with van der Waals surface area (Å²) in [6, 6.07) is -1.53. The molecule has 0 radical (unpaired) electrons. The highest BCUT2D eigenvalue weighted by Gasteiger charge is 2.75. The highest BCUT2D eigenvalue weighted by atomic mass is 16.5. The molecule has 10 nitrogen and oxygen atoms in total. The van der Waals surface area contributed by atoms with Gasteiger partial charge in [0, 0.05) is 45.8 Å². The number of aliphatic hydroxyl groups excluding tert-OH is 1. The number of carbonyl (C=O) groups excluding carboxylic acids is 3. The fourth-order valence-electron chi connectivity index (χ4n) is 7.29. The van der Waals surface area contributed by atoms with Gasteiger partial charge in [-0.05, 0) is 19.3 Å². The zero-order chi connectivity index (χ0) is 27.9. The third-order valence-corrected chi connectivity index (χ3v) is 9.26. The third-order valence-electron chi connectivity index (χ3n) is 9.26. The Balaban J connectivity index is 1.55. The molecule has 5 heterocycles. The summed E-state index contributed by atoms with van der Waals surface area (Å²) >= 11 is 0. The maximum absolute atomic E-state index is 14.5. The molecule has 10 heteroatoms. The molecule has 0 aromatic carbocycles. The Bertz CT molecular complexity index is 1030. The zero-order valence-corrected chi connectivity index (χ0v) is 23.8. The van der Waals surface area contributed by atoms with E-state index in [1.807, 2.05) is 52.0 Å². The van der Waals surface area contributed by atoms with Crippen molar-refractivity contribution in [1.29, 1.82) is 0 Å². The molecule has 216 valence electrons. The average molecular weight is 545 g/mol. The van der Waals surface area contributed by atoms with Gasteiger partial charge < -0.3 is 29.3 Å². The standard InChI is InChI=1S/C29H44N4O6/c1-5-10-31-11-6-8-28(4)22(25(31)35)23-26(36)33(21(19-34)20(2)3)24-27(37)32(12-7-9-29(23,24)39-28)14-13-30-15-17-38-18-16-30/h6-9,20-24,34H,5,10-19H2,1-4H3/t21-,22-,23-,24?,28+,29-/m0/s1. The maximum atomic E-state index is 14.5. The lowest BCUT2D eigenvalue weighted by molar-refractivity contribution is -0.157. The molecule has 3 fully saturated rings. The van der Waals surface area contributed by atoms with E-state index in [1.54, 1.807) is 14.7 Å². The molecule has 1 spiro atoms. The molecule has 1 N–H and O–H groups in total. The van der Waals surface area contributed by atoms with Gasteiger partial charge in [-0.1, -0.05) is 45.1 Å². The van der Waals surface area contributed by atoms with Gasteiger partial charge in [-0.2, -0.15) is 0 Å². The number of rotatable bonds is 8. The van der Waals surface area contributed by atoms with Gasteiger partial charge in [0.1, 0.15) is 11.6 Å². The predicted octanol–water partition coefficient (Wildman–Crippen LogP) is 0.513. The van der Waals surface area contributed by atoms with Gasteiger partial charge in [0.15, 0.2) is 0 Å². The van der Waals surface area contributed by atoms with Crippen LogP contribution in [0.25, 0.3) is 0 Å². The Labute approximate surface area is 231 Å². The maximum Gasteiger partial charge on any atom is 0.249 e. The first-order valence-electron chi connectivity index (χ1n) is 14.5. The fourth-order valence-corrected chi connectivity index (χ4v) is 7.29. The molecule has 0 bridgehead atoms. The van der Waals surface area contributed by atoms with Gasteiger partial charge in [0.25, 0.3) is 0 Å². The van der Waals surface area contributed by atoms with E-state index >= 15 is 0 Å². The summed E-state index contributed by atoms with van der Waals surface area (Å²) in [4.78, 5) is 50.4. The Kier molecular flexibility index (Phi) is 7.94. The van der Waals surface area contributed by atoms with Gasteiger partial charge in [-0.15, -0.1) is 0 Å². The molecule has 0 saturated carbocycles. The lowest BCUT2D eigenvalue weighted by Gasteiger charge is -2.41. The topological polar surface area (TPSA) is 103 Å². The summed E-state index contributed by atoms with van der Waals surface area (Å²) in [5, 5.41) is 10.4. The minimum absolute atomic E-state index is 0.0932. The van der Waals surface area contributed by atoms with Crippen molar-refractivity contribution in [3.63, 3.8) is 0 Å². The number of nitrogens with zero attached hydrogens (tertiary/aromatic N) is 4. The van der Waals surface area contributed by atoms with Crippen molar-refractivity contribution in [2.24, 2.45) is 17.8 Å². The van der Waals surface area contributed by atoms with Crippen molar-refractivity contribution in [3.8, 4) is 0 Å². The molecule has 0 aromatic heterocycles. The second kappa shape index (κ2) is 11.0. The van der Waals surface area contributed by atoms with Crippen LogP contribution in [-0.2, 0) is 23.9 Å². The normalized spacial score (nSPS) is 35.8. The SMILES string of the molecule is CCCN1CC=C[C@@]2(C)O[C@]34C=CCN(CCN5CCOCC5)C(=O)C3N([C@@H](CO)C(C)C)C(=O)[C@@H]4[C@H]2C1=O. The summed E-state index contributed by atoms with van der Waals surface area (Å²) in [5.41, 5.74) is -2.32. The molecule has 1 unspecified atom stereocenters. The summed E-state index contributed by atoms with van der Waals surface area (Å²) in [5.74, 6) is -2.29. The van der Waals surface area contributed by atoms with Gasteiger partial charge in [-0.3, -0.25) is 19.3 Å². The molecule has 5 rings (SSSR count). The molecule has 6 atom stereocenters. The van der Waals surface area contributed by atoms with E-state index in [2.05, 4.69) is 4.90 Å². The van der Waals surface area contributed by atoms with Gasteiger partial charge in [0.05, 0.1) is 43.3 Å². The minimum atomic E-state index is -1.29. The number of amides is 3. The zero-order valence-electron chi connectivity index (χ0n) is 23.8. The fraction of sp³-hybridized carbons (Fsp3) is 0.759. The molecule has 3 saturated heterocycles. The van der Waals surface area contributed by atoms with Gasteiger partial charge >= 0.3 is 0 Å². The van der Waals surface area contributed by atoms with Crippen LogP contribution in [0.4, 0.5) is 0 Å². The van der Waals surface area contributed by atoms with E-state index in [0.717, 1.165) is 19.5 Å². The van der Waals surface area contributed by atoms with Crippen molar-refractivity contribution < 1.29 is 29.0 Å². The lowest BCUT2D eigenvalue weighted by atomic mass is 9.74. The number of morpholine rings is 1. The summed E-state index contributed by atoms with van der Waals surface area (Å²) in [6.07, 6.45) is 8.48. The van der Waals surface area contributed by atoms with E-state index < -0.39 is 35.1 Å². The Morgan fingerprint density at radius 3 is 2.26 bits per heavy atom. The van der Waals surface area contributed by atoms with E-state index in [9.17, 15) is 19.5 Å². The van der Waals surface area contributed by atoms with Crippen molar-refractivity contribution in [1.82, 2.24) is 19.6 Å².